The number of aromatic nitrogens is 6. The van der Waals surface area contributed by atoms with Crippen LogP contribution >= 0.6 is 11.6 Å². The van der Waals surface area contributed by atoms with Crippen molar-refractivity contribution in [2.45, 2.75) is 158 Å². The number of nitrogens with two attached hydrogens (primary N) is 1. The Hall–Kier alpha value is -4.20. The van der Waals surface area contributed by atoms with E-state index in [0.29, 0.717) is 29.3 Å². The second kappa shape index (κ2) is 40.9. The number of hydrogen-bond donors (Lipinski definition) is 3. The number of nitrogens with one attached hydrogen (secondary N) is 2. The summed E-state index contributed by atoms with van der Waals surface area (Å²) < 4.78 is 26.0. The molecule has 0 saturated carbocycles. The summed E-state index contributed by atoms with van der Waals surface area (Å²) in [4.78, 5) is 30.5. The molecule has 8 rings (SSSR count). The first kappa shape index (κ1) is 69.8. The van der Waals surface area contributed by atoms with E-state index in [1.54, 1.807) is 26.6 Å². The fourth-order valence-corrected chi connectivity index (χ4v) is 9.65. The molecule has 5 aromatic rings. The Kier molecular flexibility index (Phi) is 37.6. The number of aryl methyl sites for hydroxylation is 4. The number of ether oxygens (including phenoxy) is 2. The summed E-state index contributed by atoms with van der Waals surface area (Å²) in [6.45, 7) is 20.5. The molecular formula is C60H98ClFN11O2Pd-. The van der Waals surface area contributed by atoms with E-state index in [-0.39, 0.29) is 42.7 Å². The predicted octanol–water partition coefficient (Wildman–Crippen LogP) is 12.4. The van der Waals surface area contributed by atoms with Gasteiger partial charge in [-0.25, -0.2) is 29.9 Å². The van der Waals surface area contributed by atoms with Crippen LogP contribution in [0.25, 0.3) is 0 Å². The molecule has 0 radical (unpaired) electrons. The smallest absolute Gasteiger partial charge is 0.222 e. The molecule has 4 N–H and O–H groups in total. The van der Waals surface area contributed by atoms with Crippen LogP contribution in [-0.4, -0.2) is 112 Å². The number of methoxy groups -OCH3 is 2. The Morgan fingerprint density at radius 1 is 0.671 bits per heavy atom. The van der Waals surface area contributed by atoms with Gasteiger partial charge in [-0.3, -0.25) is 14.2 Å². The molecular weight excluding hydrogens is 1070 g/mol. The van der Waals surface area contributed by atoms with Crippen molar-refractivity contribution in [1.29, 1.82) is 0 Å². The van der Waals surface area contributed by atoms with Gasteiger partial charge in [-0.1, -0.05) is 80.7 Å². The number of alkyl halides is 1. The van der Waals surface area contributed by atoms with Crippen LogP contribution in [0, 0.1) is 25.2 Å². The normalized spacial score (nSPS) is 20.0. The van der Waals surface area contributed by atoms with Crippen molar-refractivity contribution >= 4 is 17.5 Å². The van der Waals surface area contributed by atoms with E-state index in [1.807, 2.05) is 43.8 Å². The van der Waals surface area contributed by atoms with Crippen LogP contribution < -0.4 is 25.8 Å². The Morgan fingerprint density at radius 3 is 1.53 bits per heavy atom. The van der Waals surface area contributed by atoms with E-state index in [4.69, 9.17) is 28.2 Å². The number of piperidine rings is 3. The summed E-state index contributed by atoms with van der Waals surface area (Å²) in [6.07, 6.45) is 24.0. The minimum Gasteiger partial charge on any atom is -0.497 e. The van der Waals surface area contributed by atoms with Gasteiger partial charge in [0.15, 0.2) is 0 Å². The number of hydrogen-bond acceptors (Lipinski definition) is 13. The number of nitrogens with zero attached hydrogens (tertiary/aromatic N) is 8. The maximum Gasteiger partial charge on any atom is 0.222 e. The SMILES string of the molecule is C.C.CCc1cnc(CC[C@@H]2[C@H](C)CCCN2Cc2ccc(OC)cc2)nc1.CCc1cnc(Cl)nc1.CCc1cnc(NC[C@H]2NCCC[C@H]2C)nc1.COc1ccc(CN2CCC[C@@H](C)[C@H]2CN)cc1.[2H]CF.[CH3-].[Pd]. The van der Waals surface area contributed by atoms with Crippen molar-refractivity contribution in [3.63, 3.8) is 0 Å². The Bertz CT molecular complexity index is 2190. The molecule has 3 aliphatic rings. The Morgan fingerprint density at radius 2 is 1.09 bits per heavy atom. The second-order valence-electron chi connectivity index (χ2n) is 19.2. The van der Waals surface area contributed by atoms with Gasteiger partial charge in [0.2, 0.25) is 11.2 Å². The molecule has 0 unspecified atom stereocenters. The predicted molar refractivity (Wildman–Crippen MR) is 313 cm³/mol. The van der Waals surface area contributed by atoms with Crippen LogP contribution in [0.1, 0.15) is 136 Å². The van der Waals surface area contributed by atoms with Crippen molar-refractivity contribution in [3.8, 4) is 11.5 Å². The molecule has 0 spiro atoms. The Labute approximate surface area is 480 Å². The molecule has 3 saturated heterocycles. The largest absolute Gasteiger partial charge is 0.497 e. The van der Waals surface area contributed by atoms with Gasteiger partial charge in [0, 0.05) is 108 Å². The monoisotopic (exact) mass is 1170 g/mol. The summed E-state index contributed by atoms with van der Waals surface area (Å²) in [5.74, 6) is 5.71. The maximum absolute atomic E-state index is 9.96. The number of likely N-dealkylation sites (tertiary alicyclic amines) is 2. The van der Waals surface area contributed by atoms with Gasteiger partial charge in [0.1, 0.15) is 17.3 Å². The van der Waals surface area contributed by atoms with E-state index >= 15 is 0 Å². The topological polar surface area (TPSA) is 152 Å². The van der Waals surface area contributed by atoms with Crippen molar-refractivity contribution in [3.05, 3.63) is 132 Å². The molecule has 13 nitrogen and oxygen atoms in total. The fourth-order valence-electron chi connectivity index (χ4n) is 9.55. The zero-order valence-corrected chi connectivity index (χ0v) is 48.3. The molecule has 0 amide bonds. The maximum atomic E-state index is 9.96. The summed E-state index contributed by atoms with van der Waals surface area (Å²) in [7, 11) is 2.41. The summed E-state index contributed by atoms with van der Waals surface area (Å²) in [6, 6.07) is 18.5. The van der Waals surface area contributed by atoms with Crippen molar-refractivity contribution in [1.82, 2.24) is 45.0 Å². The molecule has 3 aliphatic heterocycles. The molecule has 3 fully saturated rings. The number of halogens is 2. The number of anilines is 1. The number of benzene rings is 2. The van der Waals surface area contributed by atoms with Gasteiger partial charge >= 0.3 is 0 Å². The van der Waals surface area contributed by atoms with E-state index in [2.05, 4.69) is 121 Å². The van der Waals surface area contributed by atoms with Gasteiger partial charge in [0.25, 0.3) is 0 Å². The minimum absolute atomic E-state index is 0. The van der Waals surface area contributed by atoms with E-state index < -0.39 is 7.15 Å². The third-order valence-electron chi connectivity index (χ3n) is 14.2. The molecule has 2 aromatic carbocycles. The average Bonchev–Trinajstić information content (AvgIpc) is 3.42. The molecule has 430 valence electrons. The summed E-state index contributed by atoms with van der Waals surface area (Å²) >= 11 is 5.45. The molecule has 6 atom stereocenters. The average molecular weight is 1170 g/mol. The third-order valence-corrected chi connectivity index (χ3v) is 14.4. The van der Waals surface area contributed by atoms with Crippen LogP contribution in [0.4, 0.5) is 10.3 Å². The molecule has 6 heterocycles. The van der Waals surface area contributed by atoms with Crippen LogP contribution in [0.2, 0.25) is 5.28 Å². The molecule has 0 bridgehead atoms. The zero-order chi connectivity index (χ0) is 52.8. The minimum atomic E-state index is -1.00. The summed E-state index contributed by atoms with van der Waals surface area (Å²) in [5.41, 5.74) is 12.1. The van der Waals surface area contributed by atoms with E-state index in [9.17, 15) is 4.39 Å². The molecule has 3 aromatic heterocycles. The summed E-state index contributed by atoms with van der Waals surface area (Å²) in [5, 5.41) is 7.17. The Balaban J connectivity index is 0.00000101. The van der Waals surface area contributed by atoms with Crippen molar-refractivity contribution in [2.24, 2.45) is 23.5 Å². The van der Waals surface area contributed by atoms with Crippen LogP contribution in [0.5, 0.6) is 11.5 Å². The van der Waals surface area contributed by atoms with E-state index in [0.717, 1.165) is 112 Å². The van der Waals surface area contributed by atoms with Crippen molar-refractivity contribution in [2.75, 3.05) is 59.4 Å². The van der Waals surface area contributed by atoms with Crippen LogP contribution in [0.15, 0.2) is 85.7 Å². The van der Waals surface area contributed by atoms with Gasteiger partial charge < -0.3 is 33.3 Å². The first-order valence-corrected chi connectivity index (χ1v) is 26.7. The first-order chi connectivity index (χ1) is 35.5. The quantitative estimate of drug-likeness (QED) is 0.0489. The molecule has 0 aliphatic carbocycles. The standard InChI is InChI=1S/C22H31N3O.C15H24N2O.C13H22N4.C6H7ClN2.CH3F.2CH4.CH3.Pd/c1-4-18-14-23-22(24-15-18)12-11-21-17(2)6-5-13-25(21)16-19-7-9-20(26-3)10-8-19;1-12-4-3-9-17(15(12)10-16)11-13-5-7-14(18-2)8-6-13;1-3-11-7-15-13(16-8-11)17-9-12-10(2)5-4-6-14-12;1-2-5-3-8-6(7)9-4-5;1-2;;;;/h7-10,14-15,17,21H,4-6,11-13,16H2,1-3H3;5-8,12,15H,3-4,9-11,16H2,1-2H3;7-8,10,12,14H,3-6,9H2,1-2H3,(H,15,16,17);3-4H,2H2,1H3;1H3;2*1H4;1H3;/q;;;;;;;-1;/t17-,21-;12-,15-;10-,12-;;;;;;/m111....../s1/i;;;;1D;;;;. The second-order valence-corrected chi connectivity index (χ2v) is 19.5. The van der Waals surface area contributed by atoms with Crippen LogP contribution in [-0.2, 0) is 59.2 Å². The van der Waals surface area contributed by atoms with Gasteiger partial charge in [-0.05, 0) is 165 Å². The van der Waals surface area contributed by atoms with Gasteiger partial charge in [-0.2, -0.15) is 0 Å². The molecule has 16 heteroatoms. The van der Waals surface area contributed by atoms with Crippen molar-refractivity contribution < 1.29 is 35.7 Å². The first-order valence-electron chi connectivity index (χ1n) is 27.0. The van der Waals surface area contributed by atoms with Crippen LogP contribution in [0.3, 0.4) is 0 Å². The van der Waals surface area contributed by atoms with Gasteiger partial charge in [-0.15, -0.1) is 0 Å². The fraction of sp³-hybridized carbons (Fsp3) is 0.583. The van der Waals surface area contributed by atoms with E-state index in [1.165, 1.54) is 67.3 Å². The molecule has 76 heavy (non-hydrogen) atoms. The number of rotatable bonds is 16. The third kappa shape index (κ3) is 25.1. The van der Waals surface area contributed by atoms with Gasteiger partial charge in [0.05, 0.1) is 22.7 Å². The zero-order valence-electron chi connectivity index (χ0n) is 47.0.